The van der Waals surface area contributed by atoms with Gasteiger partial charge in [-0.05, 0) is 118 Å². The maximum Gasteiger partial charge on any atom is 0.159 e. The quantitative estimate of drug-likeness (QED) is 0.0606. The van der Waals surface area contributed by atoms with Crippen LogP contribution in [0.4, 0.5) is 0 Å². The first kappa shape index (κ1) is 87.0. The van der Waals surface area contributed by atoms with Crippen LogP contribution in [-0.4, -0.2) is 89.1 Å². The molecule has 13 nitrogen and oxygen atoms in total. The second kappa shape index (κ2) is 43.4. The van der Waals surface area contributed by atoms with E-state index in [1.807, 2.05) is 97.1 Å². The molecule has 4 N–H and O–H groups in total. The number of benzene rings is 13. The van der Waals surface area contributed by atoms with E-state index in [0.717, 1.165) is 103 Å². The predicted octanol–water partition coefficient (Wildman–Crippen LogP) is 21.3. The van der Waals surface area contributed by atoms with Crippen LogP contribution in [0.2, 0.25) is 0 Å². The van der Waals surface area contributed by atoms with E-state index in [0.29, 0.717) is 12.8 Å². The molecule has 581 valence electrons. The number of hydrogen-bond donors (Lipinski definition) is 4. The number of aryl methyl sites for hydroxylation is 3. The molecule has 13 aromatic carbocycles. The van der Waals surface area contributed by atoms with Gasteiger partial charge in [-0.15, -0.1) is 110 Å². The van der Waals surface area contributed by atoms with Crippen LogP contribution in [0.15, 0.2) is 334 Å². The third-order valence-corrected chi connectivity index (χ3v) is 18.3. The molecular weight excluding hydrogens is 1940 g/mol. The minimum absolute atomic E-state index is 0. The molecule has 0 saturated heterocycles. The molecule has 4 unspecified atom stereocenters. The zero-order valence-electron chi connectivity index (χ0n) is 64.5. The molecule has 3 heterocycles. The van der Waals surface area contributed by atoms with Gasteiger partial charge in [0.25, 0.3) is 0 Å². The van der Waals surface area contributed by atoms with Crippen molar-refractivity contribution in [3.8, 4) is 130 Å². The van der Waals surface area contributed by atoms with E-state index in [-0.39, 0.29) is 84.7 Å². The summed E-state index contributed by atoms with van der Waals surface area (Å²) < 4.78 is 6.32. The Labute approximate surface area is 710 Å². The SMILES string of the molecule is CC(O)CC(C)O.CC(O)CC(C)O.CCc1ccc(-n2c(-c3[c-]cc(-c4ccccc4)cc3)nnc2-c2ccc(-c3ccccc3)cc2)cc1.Cc1c[c-]c(-c2nnc(-c3ccc(C)cc3)n2-c2ccccc2)cc1.[Ir].[Ir].[Ir].[c-]1cc(-c2ccccc2)ccc1-c1nnc(-c2ccc(-c3ccccc3)cc2)n1-c1ccccc1. The first-order valence-electron chi connectivity index (χ1n) is 37.5. The summed E-state index contributed by atoms with van der Waals surface area (Å²) in [4.78, 5) is 0. The summed E-state index contributed by atoms with van der Waals surface area (Å²) in [5, 5.41) is 61.7. The third-order valence-electron chi connectivity index (χ3n) is 18.3. The summed E-state index contributed by atoms with van der Waals surface area (Å²) in [5.41, 5.74) is 21.9. The van der Waals surface area contributed by atoms with Crippen LogP contribution in [-0.2, 0) is 66.7 Å². The molecule has 0 saturated carbocycles. The topological polar surface area (TPSA) is 173 Å². The fourth-order valence-corrected chi connectivity index (χ4v) is 12.7. The number of hydrogen-bond acceptors (Lipinski definition) is 10. The minimum Gasteiger partial charge on any atom is -0.393 e. The van der Waals surface area contributed by atoms with Crippen LogP contribution >= 0.6 is 0 Å². The maximum absolute atomic E-state index is 8.56. The standard InChI is InChI=1S/C34H26N3.C32H22N3.C22H18N3.2C5H12O2.3Ir/c1-2-25-13-23-32(24-14-25)37-33(30-19-15-28(16-20-30)26-9-5-3-6-10-26)35-36-34(37)31-21-17-29(18-22-31)27-11-7-4-8-12-27;1-4-10-24(11-5-1)26-16-20-28(21-17-26)31-33-34-32(35(31)30-14-8-3-9-15-30)29-22-18-27(19-23-29)25-12-6-2-7-13-25;1-16-8-12-18(13-9-16)21-23-24-22(19-14-10-17(2)11-15-19)25(21)20-6-4-3-5-7-20;2*1-4(6)3-5(2)7;;;/h3-21,23-24H,2H2,1H3;1-22H;3-14H,1-2H3;2*4-7H,3H2,1-2H3;;;/q3*-1;;;;;. The molecule has 0 aliphatic rings. The van der Waals surface area contributed by atoms with Crippen molar-refractivity contribution in [3.63, 3.8) is 0 Å². The number of aliphatic hydroxyl groups is 4. The number of aliphatic hydroxyl groups excluding tert-OH is 4. The number of para-hydroxylation sites is 2. The summed E-state index contributed by atoms with van der Waals surface area (Å²) in [6.07, 6.45) is 0.442. The van der Waals surface area contributed by atoms with Crippen molar-refractivity contribution >= 4 is 0 Å². The van der Waals surface area contributed by atoms with E-state index < -0.39 is 0 Å². The van der Waals surface area contributed by atoms with Crippen molar-refractivity contribution in [1.82, 2.24) is 44.3 Å². The monoisotopic (exact) mass is 2040 g/mol. The fraction of sp³-hybridized carbons (Fsp3) is 0.143. The van der Waals surface area contributed by atoms with Gasteiger partial charge in [-0.2, -0.15) is 15.3 Å². The first-order chi connectivity index (χ1) is 54.1. The van der Waals surface area contributed by atoms with Crippen LogP contribution < -0.4 is 0 Å². The van der Waals surface area contributed by atoms with Crippen molar-refractivity contribution < 1.29 is 80.7 Å². The molecular formula is C98H90Ir3N9O4-3. The third kappa shape index (κ3) is 23.4. The Kier molecular flexibility index (Phi) is 33.1. The molecule has 16 aromatic rings. The van der Waals surface area contributed by atoms with E-state index in [4.69, 9.17) is 20.4 Å². The number of aromatic nitrogens is 9. The van der Waals surface area contributed by atoms with Gasteiger partial charge in [0.1, 0.15) is 0 Å². The zero-order chi connectivity index (χ0) is 77.4. The van der Waals surface area contributed by atoms with Crippen molar-refractivity contribution in [2.75, 3.05) is 0 Å². The Morgan fingerprint density at radius 2 is 0.491 bits per heavy atom. The molecule has 0 amide bonds. The van der Waals surface area contributed by atoms with Gasteiger partial charge in [-0.1, -0.05) is 284 Å². The van der Waals surface area contributed by atoms with Crippen LogP contribution in [0, 0.1) is 32.0 Å². The Morgan fingerprint density at radius 3 is 0.763 bits per heavy atom. The minimum atomic E-state index is -0.375. The molecule has 0 spiro atoms. The van der Waals surface area contributed by atoms with E-state index >= 15 is 0 Å². The molecule has 0 fully saturated rings. The van der Waals surface area contributed by atoms with Gasteiger partial charge in [-0.25, -0.2) is 0 Å². The van der Waals surface area contributed by atoms with Crippen LogP contribution in [0.25, 0.3) is 130 Å². The predicted molar refractivity (Wildman–Crippen MR) is 450 cm³/mol. The summed E-state index contributed by atoms with van der Waals surface area (Å²) in [7, 11) is 0. The Hall–Kier alpha value is -10.9. The summed E-state index contributed by atoms with van der Waals surface area (Å²) >= 11 is 0. The summed E-state index contributed by atoms with van der Waals surface area (Å²) in [5.74, 6) is 4.76. The zero-order valence-corrected chi connectivity index (χ0v) is 71.7. The molecule has 3 radical (unpaired) electrons. The Morgan fingerprint density at radius 1 is 0.254 bits per heavy atom. The average molecular weight is 2030 g/mol. The van der Waals surface area contributed by atoms with Crippen molar-refractivity contribution in [2.45, 2.75) is 92.1 Å². The molecule has 4 atom stereocenters. The van der Waals surface area contributed by atoms with E-state index in [1.165, 1.54) is 50.1 Å². The van der Waals surface area contributed by atoms with Gasteiger partial charge < -0.3 is 34.1 Å². The largest absolute Gasteiger partial charge is 0.393 e. The van der Waals surface area contributed by atoms with E-state index in [9.17, 15) is 0 Å². The van der Waals surface area contributed by atoms with E-state index in [1.54, 1.807) is 27.7 Å². The van der Waals surface area contributed by atoms with Gasteiger partial charge in [0.2, 0.25) is 0 Å². The average Bonchev–Trinajstić information content (AvgIpc) is 1.61. The van der Waals surface area contributed by atoms with Crippen LogP contribution in [0.1, 0.15) is 64.2 Å². The van der Waals surface area contributed by atoms with Crippen molar-refractivity contribution in [1.29, 1.82) is 0 Å². The van der Waals surface area contributed by atoms with E-state index in [2.05, 4.69) is 320 Å². The maximum atomic E-state index is 8.56. The molecule has 16 rings (SSSR count). The second-order valence-corrected chi connectivity index (χ2v) is 27.4. The summed E-state index contributed by atoms with van der Waals surface area (Å²) in [6.45, 7) is 12.9. The molecule has 3 aromatic heterocycles. The molecule has 0 aliphatic heterocycles. The Bertz CT molecular complexity index is 5180. The normalized spacial score (nSPS) is 11.6. The second-order valence-electron chi connectivity index (χ2n) is 27.4. The number of nitrogens with zero attached hydrogens (tertiary/aromatic N) is 9. The molecule has 0 bridgehead atoms. The van der Waals surface area contributed by atoms with Crippen molar-refractivity contribution in [2.24, 2.45) is 0 Å². The summed E-state index contributed by atoms with van der Waals surface area (Å²) in [6, 6.07) is 125. The molecule has 114 heavy (non-hydrogen) atoms. The van der Waals surface area contributed by atoms with Gasteiger partial charge >= 0.3 is 0 Å². The van der Waals surface area contributed by atoms with Gasteiger partial charge in [0.05, 0.1) is 41.9 Å². The van der Waals surface area contributed by atoms with Crippen LogP contribution in [0.3, 0.4) is 0 Å². The molecule has 16 heteroatoms. The molecule has 0 aliphatic carbocycles. The van der Waals surface area contributed by atoms with Gasteiger partial charge in [0.15, 0.2) is 17.5 Å². The van der Waals surface area contributed by atoms with Crippen molar-refractivity contribution in [3.05, 3.63) is 369 Å². The van der Waals surface area contributed by atoms with Gasteiger partial charge in [0, 0.05) is 94.1 Å². The van der Waals surface area contributed by atoms with Gasteiger partial charge in [-0.3, -0.25) is 0 Å². The number of rotatable bonds is 18. The Balaban J connectivity index is 0.000000180. The van der Waals surface area contributed by atoms with Crippen LogP contribution in [0.5, 0.6) is 0 Å². The first-order valence-corrected chi connectivity index (χ1v) is 37.5. The smallest absolute Gasteiger partial charge is 0.159 e. The fourth-order valence-electron chi connectivity index (χ4n) is 12.7.